The van der Waals surface area contributed by atoms with Crippen LogP contribution in [0.5, 0.6) is 0 Å². The van der Waals surface area contributed by atoms with Crippen LogP contribution >= 0.6 is 0 Å². The molecule has 0 unspecified atom stereocenters. The van der Waals surface area contributed by atoms with Crippen LogP contribution in [0.1, 0.15) is 18.2 Å². The summed E-state index contributed by atoms with van der Waals surface area (Å²) in [7, 11) is 0. The van der Waals surface area contributed by atoms with Gasteiger partial charge in [-0.3, -0.25) is 0 Å². The standard InChI is InChI=1S/C49H35N/c1-3-16-39-45-32-35(29-30-47(45)50(46(39)4-2)37-21-6-5-7-22-37)34-19-14-20-36(31-34)48-41-24-10-12-26-43(41)49(44-27-13-11-25-42(44)48)40-28-15-18-33-17-8-9-23-38(33)40/h3-32H,2H2,1H3/b16-3-. The van der Waals surface area contributed by atoms with Crippen molar-refractivity contribution in [2.45, 2.75) is 6.92 Å². The average molecular weight is 638 g/mol. The van der Waals surface area contributed by atoms with Crippen molar-refractivity contribution in [3.8, 4) is 39.1 Å². The van der Waals surface area contributed by atoms with E-state index >= 15 is 0 Å². The molecule has 1 heteroatoms. The van der Waals surface area contributed by atoms with Gasteiger partial charge in [0.15, 0.2) is 0 Å². The maximum Gasteiger partial charge on any atom is 0.0541 e. The smallest absolute Gasteiger partial charge is 0.0541 e. The van der Waals surface area contributed by atoms with Gasteiger partial charge in [-0.05, 0) is 109 Å². The highest BCUT2D eigenvalue weighted by atomic mass is 15.0. The highest BCUT2D eigenvalue weighted by Gasteiger charge is 2.19. The Morgan fingerprint density at radius 2 is 1.06 bits per heavy atom. The molecule has 0 aliphatic rings. The Hall–Kier alpha value is -6.44. The molecule has 0 fully saturated rings. The van der Waals surface area contributed by atoms with E-state index in [9.17, 15) is 0 Å². The molecule has 0 saturated carbocycles. The molecule has 50 heavy (non-hydrogen) atoms. The van der Waals surface area contributed by atoms with Gasteiger partial charge in [0.25, 0.3) is 0 Å². The summed E-state index contributed by atoms with van der Waals surface area (Å²) < 4.78 is 2.31. The predicted octanol–water partition coefficient (Wildman–Crippen LogP) is 13.8. The lowest BCUT2D eigenvalue weighted by atomic mass is 9.84. The van der Waals surface area contributed by atoms with Gasteiger partial charge in [-0.25, -0.2) is 0 Å². The number of nitrogens with zero attached hydrogens (tertiary/aromatic N) is 1. The number of fused-ring (bicyclic) bond motifs is 4. The van der Waals surface area contributed by atoms with E-state index in [2.05, 4.69) is 194 Å². The van der Waals surface area contributed by atoms with Crippen LogP contribution in [0.15, 0.2) is 176 Å². The average Bonchev–Trinajstić information content (AvgIpc) is 3.49. The summed E-state index contributed by atoms with van der Waals surface area (Å²) in [6, 6.07) is 59.7. The van der Waals surface area contributed by atoms with E-state index in [4.69, 9.17) is 0 Å². The second kappa shape index (κ2) is 12.2. The first kappa shape index (κ1) is 29.7. The molecule has 0 bridgehead atoms. The number of benzene rings is 8. The van der Waals surface area contributed by atoms with Gasteiger partial charge in [-0.2, -0.15) is 0 Å². The van der Waals surface area contributed by atoms with Crippen LogP contribution in [-0.4, -0.2) is 4.57 Å². The zero-order chi connectivity index (χ0) is 33.6. The SMILES string of the molecule is C=Cc1c(/C=C\C)c2cc(-c3cccc(-c4c5ccccc5c(-c5cccc6ccccc56)c5ccccc45)c3)ccc2n1-c1ccccc1. The Morgan fingerprint density at radius 1 is 0.480 bits per heavy atom. The lowest BCUT2D eigenvalue weighted by Gasteiger charge is -2.19. The molecule has 0 saturated heterocycles. The van der Waals surface area contributed by atoms with Crippen molar-refractivity contribution in [1.29, 1.82) is 0 Å². The summed E-state index contributed by atoms with van der Waals surface area (Å²) in [5, 5.41) is 8.77. The summed E-state index contributed by atoms with van der Waals surface area (Å²) in [4.78, 5) is 0. The Morgan fingerprint density at radius 3 is 1.76 bits per heavy atom. The number of para-hydroxylation sites is 1. The first-order valence-electron chi connectivity index (χ1n) is 17.3. The van der Waals surface area contributed by atoms with Gasteiger partial charge in [0, 0.05) is 16.6 Å². The summed E-state index contributed by atoms with van der Waals surface area (Å²) in [6.45, 7) is 6.29. The first-order chi connectivity index (χ1) is 24.7. The number of aromatic nitrogens is 1. The Balaban J connectivity index is 1.27. The Kier molecular flexibility index (Phi) is 7.25. The van der Waals surface area contributed by atoms with Crippen LogP contribution < -0.4 is 0 Å². The van der Waals surface area contributed by atoms with E-state index in [0.717, 1.165) is 11.4 Å². The molecule has 0 aliphatic carbocycles. The highest BCUT2D eigenvalue weighted by molar-refractivity contribution is 6.23. The molecule has 0 spiro atoms. The Labute approximate surface area is 292 Å². The van der Waals surface area contributed by atoms with E-state index < -0.39 is 0 Å². The van der Waals surface area contributed by atoms with Gasteiger partial charge < -0.3 is 4.57 Å². The minimum Gasteiger partial charge on any atom is -0.309 e. The van der Waals surface area contributed by atoms with Crippen molar-refractivity contribution in [3.63, 3.8) is 0 Å². The third-order valence-corrected chi connectivity index (χ3v) is 10.1. The summed E-state index contributed by atoms with van der Waals surface area (Å²) in [5.41, 5.74) is 12.0. The van der Waals surface area contributed by atoms with Crippen molar-refractivity contribution in [3.05, 3.63) is 188 Å². The monoisotopic (exact) mass is 637 g/mol. The molecule has 9 rings (SSSR count). The maximum atomic E-state index is 4.22. The van der Waals surface area contributed by atoms with E-state index in [1.54, 1.807) is 0 Å². The molecule has 0 N–H and O–H groups in total. The van der Waals surface area contributed by atoms with Gasteiger partial charge in [0.05, 0.1) is 11.2 Å². The fourth-order valence-corrected chi connectivity index (χ4v) is 7.94. The molecule has 0 amide bonds. The van der Waals surface area contributed by atoms with E-state index in [1.807, 2.05) is 6.08 Å². The van der Waals surface area contributed by atoms with Crippen molar-refractivity contribution in [2.75, 3.05) is 0 Å². The number of hydrogen-bond acceptors (Lipinski definition) is 0. The van der Waals surface area contributed by atoms with Crippen LogP contribution in [0, 0.1) is 0 Å². The lowest BCUT2D eigenvalue weighted by Crippen LogP contribution is -1.96. The summed E-state index contributed by atoms with van der Waals surface area (Å²) in [6.07, 6.45) is 6.29. The maximum absolute atomic E-state index is 4.22. The zero-order valence-electron chi connectivity index (χ0n) is 28.0. The molecule has 1 aromatic heterocycles. The fourth-order valence-electron chi connectivity index (χ4n) is 7.94. The van der Waals surface area contributed by atoms with Gasteiger partial charge in [0.1, 0.15) is 0 Å². The molecule has 8 aromatic carbocycles. The summed E-state index contributed by atoms with van der Waals surface area (Å²) >= 11 is 0. The topological polar surface area (TPSA) is 4.93 Å². The van der Waals surface area contributed by atoms with E-state index in [-0.39, 0.29) is 0 Å². The molecular formula is C49H35N. The molecule has 236 valence electrons. The van der Waals surface area contributed by atoms with Crippen molar-refractivity contribution < 1.29 is 0 Å². The number of allylic oxidation sites excluding steroid dienone is 1. The Bertz CT molecular complexity index is 2710. The zero-order valence-corrected chi connectivity index (χ0v) is 28.0. The van der Waals surface area contributed by atoms with Crippen molar-refractivity contribution in [2.24, 2.45) is 0 Å². The van der Waals surface area contributed by atoms with Gasteiger partial charge in [-0.1, -0.05) is 152 Å². The van der Waals surface area contributed by atoms with Crippen LogP contribution in [0.3, 0.4) is 0 Å². The molecule has 9 aromatic rings. The minimum absolute atomic E-state index is 1.10. The largest absolute Gasteiger partial charge is 0.309 e. The molecular weight excluding hydrogens is 603 g/mol. The fraction of sp³-hybridized carbons (Fsp3) is 0.0204. The third kappa shape index (κ3) is 4.70. The number of rotatable bonds is 6. The lowest BCUT2D eigenvalue weighted by molar-refractivity contribution is 1.11. The molecule has 1 heterocycles. The minimum atomic E-state index is 1.10. The second-order valence-corrected chi connectivity index (χ2v) is 12.9. The quantitative estimate of drug-likeness (QED) is 0.160. The van der Waals surface area contributed by atoms with Crippen LogP contribution in [-0.2, 0) is 0 Å². The van der Waals surface area contributed by atoms with Gasteiger partial charge in [0.2, 0.25) is 0 Å². The van der Waals surface area contributed by atoms with E-state index in [0.29, 0.717) is 0 Å². The third-order valence-electron chi connectivity index (χ3n) is 10.1. The summed E-state index contributed by atoms with van der Waals surface area (Å²) in [5.74, 6) is 0. The first-order valence-corrected chi connectivity index (χ1v) is 17.3. The molecule has 0 atom stereocenters. The second-order valence-electron chi connectivity index (χ2n) is 12.9. The van der Waals surface area contributed by atoms with Gasteiger partial charge in [-0.15, -0.1) is 0 Å². The van der Waals surface area contributed by atoms with Crippen LogP contribution in [0.2, 0.25) is 0 Å². The number of hydrogen-bond donors (Lipinski definition) is 0. The van der Waals surface area contributed by atoms with E-state index in [1.165, 1.54) is 82.2 Å². The van der Waals surface area contributed by atoms with Crippen molar-refractivity contribution in [1.82, 2.24) is 4.57 Å². The van der Waals surface area contributed by atoms with Crippen LogP contribution in [0.4, 0.5) is 0 Å². The van der Waals surface area contributed by atoms with Crippen LogP contribution in [0.25, 0.3) is 94.4 Å². The van der Waals surface area contributed by atoms with Gasteiger partial charge >= 0.3 is 0 Å². The highest BCUT2D eigenvalue weighted by Crippen LogP contribution is 2.46. The molecule has 0 aliphatic heterocycles. The molecule has 1 nitrogen and oxygen atoms in total. The van der Waals surface area contributed by atoms with Crippen molar-refractivity contribution >= 4 is 55.4 Å². The molecule has 0 radical (unpaired) electrons. The normalized spacial score (nSPS) is 11.7. The predicted molar refractivity (Wildman–Crippen MR) is 217 cm³/mol.